The zero-order valence-corrected chi connectivity index (χ0v) is 10.5. The molecule has 0 bridgehead atoms. The quantitative estimate of drug-likeness (QED) is 0.834. The Kier molecular flexibility index (Phi) is 3.97. The third-order valence-corrected chi connectivity index (χ3v) is 2.47. The summed E-state index contributed by atoms with van der Waals surface area (Å²) in [6.45, 7) is 0.346. The SMILES string of the molecule is Cn1ccc(COc2ccccc2/C=C/C(=O)O)n1. The second-order valence-electron chi connectivity index (χ2n) is 3.98. The lowest BCUT2D eigenvalue weighted by Gasteiger charge is -2.07. The number of aromatic nitrogens is 2. The number of carbonyl (C=O) groups is 1. The van der Waals surface area contributed by atoms with E-state index in [1.807, 2.05) is 31.4 Å². The van der Waals surface area contributed by atoms with Gasteiger partial charge in [0.05, 0.1) is 5.69 Å². The van der Waals surface area contributed by atoms with Crippen LogP contribution < -0.4 is 4.74 Å². The maximum Gasteiger partial charge on any atom is 0.328 e. The zero-order valence-electron chi connectivity index (χ0n) is 10.5. The van der Waals surface area contributed by atoms with E-state index in [1.54, 1.807) is 16.8 Å². The Bertz CT molecular complexity index is 602. The molecule has 0 aliphatic carbocycles. The Morgan fingerprint density at radius 3 is 2.89 bits per heavy atom. The van der Waals surface area contributed by atoms with Crippen LogP contribution in [0, 0.1) is 0 Å². The van der Waals surface area contributed by atoms with Crippen molar-refractivity contribution in [2.75, 3.05) is 0 Å². The van der Waals surface area contributed by atoms with Crippen LogP contribution in [0.15, 0.2) is 42.6 Å². The van der Waals surface area contributed by atoms with Crippen LogP contribution in [0.3, 0.4) is 0 Å². The molecular formula is C14H14N2O3. The van der Waals surface area contributed by atoms with Crippen molar-refractivity contribution in [3.8, 4) is 5.75 Å². The van der Waals surface area contributed by atoms with Gasteiger partial charge in [-0.25, -0.2) is 4.79 Å². The summed E-state index contributed by atoms with van der Waals surface area (Å²) in [6.07, 6.45) is 4.44. The van der Waals surface area contributed by atoms with Crippen molar-refractivity contribution < 1.29 is 14.6 Å². The number of ether oxygens (including phenoxy) is 1. The van der Waals surface area contributed by atoms with Crippen LogP contribution in [0.2, 0.25) is 0 Å². The van der Waals surface area contributed by atoms with E-state index in [4.69, 9.17) is 9.84 Å². The van der Waals surface area contributed by atoms with E-state index in [0.717, 1.165) is 17.3 Å². The molecule has 0 amide bonds. The molecule has 1 N–H and O–H groups in total. The van der Waals surface area contributed by atoms with Gasteiger partial charge in [0, 0.05) is 24.9 Å². The first-order chi connectivity index (χ1) is 9.15. The maximum atomic E-state index is 10.5. The van der Waals surface area contributed by atoms with Gasteiger partial charge in [-0.1, -0.05) is 18.2 Å². The molecule has 98 valence electrons. The van der Waals surface area contributed by atoms with E-state index in [9.17, 15) is 4.79 Å². The highest BCUT2D eigenvalue weighted by Gasteiger charge is 2.02. The van der Waals surface area contributed by atoms with Crippen molar-refractivity contribution in [1.82, 2.24) is 9.78 Å². The molecule has 19 heavy (non-hydrogen) atoms. The van der Waals surface area contributed by atoms with Crippen molar-refractivity contribution in [3.05, 3.63) is 53.9 Å². The molecule has 0 fully saturated rings. The fourth-order valence-electron chi connectivity index (χ4n) is 1.60. The number of rotatable bonds is 5. The first-order valence-electron chi connectivity index (χ1n) is 5.76. The predicted molar refractivity (Wildman–Crippen MR) is 70.7 cm³/mol. The number of nitrogens with zero attached hydrogens (tertiary/aromatic N) is 2. The van der Waals surface area contributed by atoms with Gasteiger partial charge >= 0.3 is 5.97 Å². The number of hydrogen-bond acceptors (Lipinski definition) is 3. The summed E-state index contributed by atoms with van der Waals surface area (Å²) in [5, 5.41) is 12.8. The largest absolute Gasteiger partial charge is 0.487 e. The van der Waals surface area contributed by atoms with Gasteiger partial charge in [0.2, 0.25) is 0 Å². The number of carboxylic acid groups (broad SMARTS) is 1. The summed E-state index contributed by atoms with van der Waals surface area (Å²) in [5.41, 5.74) is 1.54. The summed E-state index contributed by atoms with van der Waals surface area (Å²) in [4.78, 5) is 10.5. The van der Waals surface area contributed by atoms with Crippen LogP contribution in [-0.2, 0) is 18.4 Å². The van der Waals surface area contributed by atoms with Gasteiger partial charge in [0.25, 0.3) is 0 Å². The van der Waals surface area contributed by atoms with Crippen LogP contribution in [-0.4, -0.2) is 20.9 Å². The van der Waals surface area contributed by atoms with E-state index < -0.39 is 5.97 Å². The molecule has 2 rings (SSSR count). The molecule has 0 aliphatic heterocycles. The lowest BCUT2D eigenvalue weighted by molar-refractivity contribution is -0.131. The lowest BCUT2D eigenvalue weighted by Crippen LogP contribution is -1.99. The minimum absolute atomic E-state index is 0.346. The van der Waals surface area contributed by atoms with Gasteiger partial charge in [-0.3, -0.25) is 4.68 Å². The summed E-state index contributed by atoms with van der Waals surface area (Å²) in [5.74, 6) is -0.356. The van der Waals surface area contributed by atoms with Gasteiger partial charge in [0.15, 0.2) is 0 Å². The molecule has 0 atom stereocenters. The van der Waals surface area contributed by atoms with Crippen LogP contribution in [0.4, 0.5) is 0 Å². The molecule has 1 aromatic heterocycles. The smallest absolute Gasteiger partial charge is 0.328 e. The summed E-state index contributed by atoms with van der Waals surface area (Å²) >= 11 is 0. The second-order valence-corrected chi connectivity index (χ2v) is 3.98. The van der Waals surface area contributed by atoms with E-state index in [2.05, 4.69) is 5.10 Å². The van der Waals surface area contributed by atoms with Gasteiger partial charge < -0.3 is 9.84 Å². The number of hydrogen-bond donors (Lipinski definition) is 1. The van der Waals surface area contributed by atoms with Gasteiger partial charge in [-0.2, -0.15) is 5.10 Å². The number of aryl methyl sites for hydroxylation is 1. The zero-order chi connectivity index (χ0) is 13.7. The lowest BCUT2D eigenvalue weighted by atomic mass is 10.2. The molecule has 0 saturated heterocycles. The number of carboxylic acids is 1. The van der Waals surface area contributed by atoms with E-state index >= 15 is 0 Å². The Morgan fingerprint density at radius 1 is 1.42 bits per heavy atom. The van der Waals surface area contributed by atoms with Crippen LogP contribution in [0.1, 0.15) is 11.3 Å². The highest BCUT2D eigenvalue weighted by atomic mass is 16.5. The molecule has 0 saturated carbocycles. The van der Waals surface area contributed by atoms with Crippen molar-refractivity contribution in [3.63, 3.8) is 0 Å². The predicted octanol–water partition coefficient (Wildman–Crippen LogP) is 2.10. The number of para-hydroxylation sites is 1. The van der Waals surface area contributed by atoms with Crippen LogP contribution >= 0.6 is 0 Å². The molecule has 1 aromatic carbocycles. The Morgan fingerprint density at radius 2 is 2.21 bits per heavy atom. The Balaban J connectivity index is 2.09. The highest BCUT2D eigenvalue weighted by molar-refractivity contribution is 5.85. The van der Waals surface area contributed by atoms with E-state index in [1.165, 1.54) is 6.08 Å². The third-order valence-electron chi connectivity index (χ3n) is 2.47. The van der Waals surface area contributed by atoms with Crippen molar-refractivity contribution in [1.29, 1.82) is 0 Å². The standard InChI is InChI=1S/C14H14N2O3/c1-16-9-8-12(15-16)10-19-13-5-3-2-4-11(13)6-7-14(17)18/h2-9H,10H2,1H3,(H,17,18)/b7-6+. The molecule has 5 nitrogen and oxygen atoms in total. The van der Waals surface area contributed by atoms with Gasteiger partial charge in [-0.05, 0) is 18.2 Å². The van der Waals surface area contributed by atoms with Crippen molar-refractivity contribution in [2.24, 2.45) is 7.05 Å². The fourth-order valence-corrected chi connectivity index (χ4v) is 1.60. The van der Waals surface area contributed by atoms with Crippen molar-refractivity contribution >= 4 is 12.0 Å². The summed E-state index contributed by atoms with van der Waals surface area (Å²) in [7, 11) is 1.84. The van der Waals surface area contributed by atoms with Crippen molar-refractivity contribution in [2.45, 2.75) is 6.61 Å². The molecule has 0 aliphatic rings. The topological polar surface area (TPSA) is 64.3 Å². The Hall–Kier alpha value is -2.56. The molecule has 2 aromatic rings. The molecule has 5 heteroatoms. The number of aliphatic carboxylic acids is 1. The van der Waals surface area contributed by atoms with E-state index in [-0.39, 0.29) is 0 Å². The minimum Gasteiger partial charge on any atom is -0.487 e. The highest BCUT2D eigenvalue weighted by Crippen LogP contribution is 2.20. The molecule has 1 heterocycles. The number of benzene rings is 1. The first kappa shape index (κ1) is 12.9. The first-order valence-corrected chi connectivity index (χ1v) is 5.76. The average Bonchev–Trinajstić information content (AvgIpc) is 2.80. The van der Waals surface area contributed by atoms with Gasteiger partial charge in [0.1, 0.15) is 12.4 Å². The molecule has 0 unspecified atom stereocenters. The summed E-state index contributed by atoms with van der Waals surface area (Å²) < 4.78 is 7.35. The monoisotopic (exact) mass is 258 g/mol. The summed E-state index contributed by atoms with van der Waals surface area (Å²) in [6, 6.07) is 9.13. The molecule has 0 radical (unpaired) electrons. The Labute approximate surface area is 110 Å². The third kappa shape index (κ3) is 3.70. The second kappa shape index (κ2) is 5.86. The van der Waals surface area contributed by atoms with Crippen LogP contribution in [0.5, 0.6) is 5.75 Å². The molecule has 0 spiro atoms. The van der Waals surface area contributed by atoms with Crippen LogP contribution in [0.25, 0.3) is 6.08 Å². The van der Waals surface area contributed by atoms with E-state index in [0.29, 0.717) is 12.4 Å². The fraction of sp³-hybridized carbons (Fsp3) is 0.143. The molecular weight excluding hydrogens is 244 g/mol. The average molecular weight is 258 g/mol. The normalized spacial score (nSPS) is 10.8. The minimum atomic E-state index is -0.987. The van der Waals surface area contributed by atoms with Gasteiger partial charge in [-0.15, -0.1) is 0 Å². The maximum absolute atomic E-state index is 10.5.